The summed E-state index contributed by atoms with van der Waals surface area (Å²) in [5, 5.41) is 30.5. The van der Waals surface area contributed by atoms with E-state index in [4.69, 9.17) is 21.1 Å². The molecule has 1 fully saturated rings. The number of halogens is 2. The molecular formula is C24H22ClFO6S. The molecule has 1 saturated heterocycles. The summed E-state index contributed by atoms with van der Waals surface area (Å²) in [4.78, 5) is 14.0. The van der Waals surface area contributed by atoms with Crippen molar-refractivity contribution < 1.29 is 34.0 Å². The van der Waals surface area contributed by atoms with Gasteiger partial charge in [-0.3, -0.25) is 4.79 Å². The van der Waals surface area contributed by atoms with Crippen LogP contribution in [0.5, 0.6) is 5.75 Å². The van der Waals surface area contributed by atoms with Gasteiger partial charge in [-0.2, -0.15) is 0 Å². The summed E-state index contributed by atoms with van der Waals surface area (Å²) >= 11 is 8.03. The number of carbonyl (C=O) groups excluding carboxylic acids is 1. The Morgan fingerprint density at radius 1 is 1.15 bits per heavy atom. The summed E-state index contributed by atoms with van der Waals surface area (Å²) in [6.07, 6.45) is -5.11. The molecule has 0 amide bonds. The van der Waals surface area contributed by atoms with Gasteiger partial charge in [0.25, 0.3) is 0 Å². The maximum atomic E-state index is 13.2. The molecule has 2 aromatic carbocycles. The van der Waals surface area contributed by atoms with Crippen molar-refractivity contribution in [2.24, 2.45) is 0 Å². The molecule has 3 N–H and O–H groups in total. The Bertz CT molecular complexity index is 1140. The maximum Gasteiger partial charge on any atom is 0.195 e. The number of ether oxygens (including phenoxy) is 2. The van der Waals surface area contributed by atoms with Gasteiger partial charge in [-0.1, -0.05) is 23.7 Å². The number of hydrogen-bond donors (Lipinski definition) is 3. The van der Waals surface area contributed by atoms with Crippen LogP contribution in [0.25, 0.3) is 10.4 Å². The van der Waals surface area contributed by atoms with Crippen LogP contribution in [0.3, 0.4) is 0 Å². The molecule has 9 heteroatoms. The fraction of sp³-hybridized carbons (Fsp3) is 0.292. The van der Waals surface area contributed by atoms with E-state index in [0.717, 1.165) is 20.9 Å². The molecule has 0 radical (unpaired) electrons. The minimum Gasteiger partial charge on any atom is -0.496 e. The number of rotatable bonds is 6. The van der Waals surface area contributed by atoms with E-state index in [1.165, 1.54) is 19.2 Å². The average Bonchev–Trinajstić information content (AvgIpc) is 3.28. The van der Waals surface area contributed by atoms with Gasteiger partial charge in [0.2, 0.25) is 0 Å². The van der Waals surface area contributed by atoms with Crippen LogP contribution in [0.1, 0.15) is 22.1 Å². The topological polar surface area (TPSA) is 96.2 Å². The molecule has 1 aliphatic heterocycles. The summed E-state index contributed by atoms with van der Waals surface area (Å²) in [6.45, 7) is -0.622. The van der Waals surface area contributed by atoms with Crippen molar-refractivity contribution >= 4 is 28.7 Å². The summed E-state index contributed by atoms with van der Waals surface area (Å²) in [5.74, 6) is -0.749. The van der Waals surface area contributed by atoms with Gasteiger partial charge >= 0.3 is 0 Å². The molecule has 3 aromatic rings. The molecule has 2 heterocycles. The molecule has 174 valence electrons. The Morgan fingerprint density at radius 2 is 1.88 bits per heavy atom. The van der Waals surface area contributed by atoms with E-state index in [1.807, 2.05) is 12.1 Å². The van der Waals surface area contributed by atoms with Crippen LogP contribution < -0.4 is 4.74 Å². The second kappa shape index (κ2) is 9.89. The van der Waals surface area contributed by atoms with Crippen molar-refractivity contribution in [2.75, 3.05) is 13.7 Å². The average molecular weight is 493 g/mol. The highest BCUT2D eigenvalue weighted by Crippen LogP contribution is 2.40. The first-order chi connectivity index (χ1) is 15.8. The zero-order chi connectivity index (χ0) is 23.7. The van der Waals surface area contributed by atoms with Gasteiger partial charge < -0.3 is 24.8 Å². The molecule has 6 nitrogen and oxygen atoms in total. The lowest BCUT2D eigenvalue weighted by Crippen LogP contribution is -2.52. The lowest BCUT2D eigenvalue weighted by atomic mass is 9.90. The molecular weight excluding hydrogens is 471 g/mol. The van der Waals surface area contributed by atoms with E-state index in [-0.39, 0.29) is 5.82 Å². The van der Waals surface area contributed by atoms with E-state index in [9.17, 15) is 24.5 Å². The predicted octanol–water partition coefficient (Wildman–Crippen LogP) is 3.53. The lowest BCUT2D eigenvalue weighted by Gasteiger charge is -2.36. The summed E-state index contributed by atoms with van der Waals surface area (Å²) in [5.41, 5.74) is 2.04. The maximum absolute atomic E-state index is 13.2. The summed E-state index contributed by atoms with van der Waals surface area (Å²) in [6, 6.07) is 13.5. The van der Waals surface area contributed by atoms with Gasteiger partial charge in [0.1, 0.15) is 36.0 Å². The van der Waals surface area contributed by atoms with Crippen LogP contribution in [0.4, 0.5) is 4.39 Å². The Balaban J connectivity index is 1.65. The summed E-state index contributed by atoms with van der Waals surface area (Å²) in [7, 11) is 1.43. The van der Waals surface area contributed by atoms with Crippen molar-refractivity contribution in [3.8, 4) is 16.2 Å². The van der Waals surface area contributed by atoms with Crippen LogP contribution in [-0.2, 0) is 16.0 Å². The van der Waals surface area contributed by atoms with Crippen molar-refractivity contribution in [3.63, 3.8) is 0 Å². The van der Waals surface area contributed by atoms with Gasteiger partial charge in [0, 0.05) is 26.8 Å². The monoisotopic (exact) mass is 492 g/mol. The van der Waals surface area contributed by atoms with Crippen LogP contribution in [-0.4, -0.2) is 53.1 Å². The Labute approximate surface area is 198 Å². The van der Waals surface area contributed by atoms with E-state index < -0.39 is 36.8 Å². The van der Waals surface area contributed by atoms with E-state index >= 15 is 0 Å². The standard InChI is InChI=1S/C24H22ClFO6S/c1-31-18-10-17(25)13(8-15-6-7-20(33-15)12-2-4-14(26)5-3-12)9-16(18)24-23(30)22(29)21(28)19(11-27)32-24/h2-7,9-10,19,22-24,27,29-30H,8,11H2,1H3/t19-,22+,23?,24+/m1/s1. The quantitative estimate of drug-likeness (QED) is 0.487. The minimum atomic E-state index is -1.69. The largest absolute Gasteiger partial charge is 0.496 e. The fourth-order valence-electron chi connectivity index (χ4n) is 3.82. The molecule has 0 spiro atoms. The SMILES string of the molecule is COc1cc(Cl)c(Cc2ccc(-c3ccc(F)cc3)s2)cc1[C@@H]1O[C@H](CO)C(=O)[C@H](O)C1O. The number of Topliss-reactive ketones (excluding diaryl/α,β-unsaturated/α-hetero) is 1. The van der Waals surface area contributed by atoms with Gasteiger partial charge in [-0.25, -0.2) is 4.39 Å². The fourth-order valence-corrected chi connectivity index (χ4v) is 5.08. The molecule has 0 saturated carbocycles. The molecule has 1 unspecified atom stereocenters. The smallest absolute Gasteiger partial charge is 0.195 e. The number of benzene rings is 2. The van der Waals surface area contributed by atoms with Crippen molar-refractivity contribution in [1.29, 1.82) is 0 Å². The first-order valence-corrected chi connectivity index (χ1v) is 11.4. The molecule has 33 heavy (non-hydrogen) atoms. The number of aliphatic hydroxyl groups is 3. The van der Waals surface area contributed by atoms with E-state index in [1.54, 1.807) is 35.6 Å². The van der Waals surface area contributed by atoms with E-state index in [0.29, 0.717) is 22.8 Å². The van der Waals surface area contributed by atoms with Crippen molar-refractivity contribution in [3.05, 3.63) is 75.4 Å². The summed E-state index contributed by atoms with van der Waals surface area (Å²) < 4.78 is 24.2. The molecule has 0 bridgehead atoms. The highest BCUT2D eigenvalue weighted by molar-refractivity contribution is 7.15. The molecule has 4 rings (SSSR count). The first-order valence-electron chi connectivity index (χ1n) is 10.2. The van der Waals surface area contributed by atoms with Crippen LogP contribution in [0, 0.1) is 5.82 Å². The van der Waals surface area contributed by atoms with Crippen LogP contribution >= 0.6 is 22.9 Å². The van der Waals surface area contributed by atoms with Gasteiger partial charge in [-0.15, -0.1) is 11.3 Å². The molecule has 4 atom stereocenters. The Kier molecular flexibility index (Phi) is 7.13. The number of carbonyl (C=O) groups is 1. The predicted molar refractivity (Wildman–Crippen MR) is 122 cm³/mol. The molecule has 1 aromatic heterocycles. The minimum absolute atomic E-state index is 0.296. The Morgan fingerprint density at radius 3 is 2.55 bits per heavy atom. The van der Waals surface area contributed by atoms with Gasteiger partial charge in [0.15, 0.2) is 5.78 Å². The third-order valence-electron chi connectivity index (χ3n) is 5.58. The number of thiophene rings is 1. The number of ketones is 1. The first kappa shape index (κ1) is 23.8. The number of aliphatic hydroxyl groups excluding tert-OH is 3. The second-order valence-corrected chi connectivity index (χ2v) is 9.28. The zero-order valence-corrected chi connectivity index (χ0v) is 19.1. The van der Waals surface area contributed by atoms with E-state index in [2.05, 4.69) is 0 Å². The third-order valence-corrected chi connectivity index (χ3v) is 7.07. The molecule has 0 aliphatic carbocycles. The van der Waals surface area contributed by atoms with Crippen LogP contribution in [0.2, 0.25) is 5.02 Å². The number of hydrogen-bond acceptors (Lipinski definition) is 7. The zero-order valence-electron chi connectivity index (χ0n) is 17.6. The molecule has 1 aliphatic rings. The lowest BCUT2D eigenvalue weighted by molar-refractivity contribution is -0.188. The second-order valence-electron chi connectivity index (χ2n) is 7.70. The van der Waals surface area contributed by atoms with Crippen LogP contribution in [0.15, 0.2) is 48.5 Å². The third kappa shape index (κ3) is 4.82. The Hall–Kier alpha value is -2.33. The van der Waals surface area contributed by atoms with Crippen molar-refractivity contribution in [2.45, 2.75) is 30.8 Å². The number of methoxy groups -OCH3 is 1. The van der Waals surface area contributed by atoms with Gasteiger partial charge in [0.05, 0.1) is 13.7 Å². The van der Waals surface area contributed by atoms with Gasteiger partial charge in [-0.05, 0) is 47.5 Å². The van der Waals surface area contributed by atoms with Crippen molar-refractivity contribution in [1.82, 2.24) is 0 Å². The highest BCUT2D eigenvalue weighted by atomic mass is 35.5. The highest BCUT2D eigenvalue weighted by Gasteiger charge is 2.44. The normalized spacial score (nSPS) is 23.0.